The molecule has 2 aromatic carbocycles. The minimum atomic E-state index is -3.53. The van der Waals surface area contributed by atoms with Gasteiger partial charge in [-0.3, -0.25) is 9.59 Å². The number of anilines is 1. The van der Waals surface area contributed by atoms with E-state index in [0.29, 0.717) is 22.2 Å². The van der Waals surface area contributed by atoms with Crippen LogP contribution in [0.1, 0.15) is 29.7 Å². The zero-order valence-electron chi connectivity index (χ0n) is 17.2. The first-order chi connectivity index (χ1) is 15.3. The summed E-state index contributed by atoms with van der Waals surface area (Å²) in [6.07, 6.45) is 0.326. The van der Waals surface area contributed by atoms with Crippen molar-refractivity contribution in [3.8, 4) is 0 Å². The number of amidine groups is 1. The molecule has 2 N–H and O–H groups in total. The monoisotopic (exact) mass is 468 g/mol. The first kappa shape index (κ1) is 20.8. The molecule has 2 amide bonds. The molecule has 2 aromatic rings. The molecule has 3 aliphatic rings. The Balaban J connectivity index is 1.46. The van der Waals surface area contributed by atoms with Gasteiger partial charge in [-0.1, -0.05) is 42.5 Å². The molecule has 3 heterocycles. The lowest BCUT2D eigenvalue weighted by Gasteiger charge is -2.25. The fraction of sp³-hybridized carbons (Fsp3) is 0.227. The van der Waals surface area contributed by atoms with E-state index in [0.717, 1.165) is 34.1 Å². The van der Waals surface area contributed by atoms with E-state index in [9.17, 15) is 18.0 Å². The van der Waals surface area contributed by atoms with E-state index in [4.69, 9.17) is 0 Å². The Bertz CT molecular complexity index is 1300. The highest BCUT2D eigenvalue weighted by atomic mass is 32.2. The predicted octanol–water partition coefficient (Wildman–Crippen LogP) is 2.48. The summed E-state index contributed by atoms with van der Waals surface area (Å²) in [4.78, 5) is 27.2. The maximum absolute atomic E-state index is 13.3. The lowest BCUT2D eigenvalue weighted by molar-refractivity contribution is -0.117. The van der Waals surface area contributed by atoms with Crippen LogP contribution in [0.4, 0.5) is 5.69 Å². The van der Waals surface area contributed by atoms with Crippen LogP contribution in [-0.2, 0) is 26.0 Å². The van der Waals surface area contributed by atoms with Crippen molar-refractivity contribution in [2.45, 2.75) is 19.4 Å². The van der Waals surface area contributed by atoms with E-state index in [2.05, 4.69) is 15.0 Å². The zero-order valence-corrected chi connectivity index (χ0v) is 18.8. The van der Waals surface area contributed by atoms with Crippen LogP contribution in [0.15, 0.2) is 57.8 Å². The summed E-state index contributed by atoms with van der Waals surface area (Å²) in [5, 5.41) is 6.12. The van der Waals surface area contributed by atoms with Gasteiger partial charge in [0.25, 0.3) is 15.9 Å². The third-order valence-electron chi connectivity index (χ3n) is 5.55. The van der Waals surface area contributed by atoms with Crippen molar-refractivity contribution in [3.63, 3.8) is 0 Å². The third-order valence-corrected chi connectivity index (χ3v) is 7.90. The van der Waals surface area contributed by atoms with E-state index >= 15 is 0 Å². The molecule has 164 valence electrons. The van der Waals surface area contributed by atoms with Crippen LogP contribution in [0.5, 0.6) is 0 Å². The molecule has 5 rings (SSSR count). The Labute approximate surface area is 189 Å². The molecule has 1 unspecified atom stereocenters. The molecule has 0 radical (unpaired) electrons. The first-order valence-corrected chi connectivity index (χ1v) is 12.5. The Morgan fingerprint density at radius 1 is 1.22 bits per heavy atom. The summed E-state index contributed by atoms with van der Waals surface area (Å²) in [5.41, 5.74) is 4.08. The number of sulfonamides is 1. The minimum Gasteiger partial charge on any atom is -0.345 e. The molecule has 32 heavy (non-hydrogen) atoms. The molecule has 0 saturated heterocycles. The van der Waals surface area contributed by atoms with Gasteiger partial charge in [-0.05, 0) is 41.4 Å². The van der Waals surface area contributed by atoms with Gasteiger partial charge in [0.2, 0.25) is 5.91 Å². The van der Waals surface area contributed by atoms with Crippen LogP contribution in [0.25, 0.3) is 5.70 Å². The molecule has 0 fully saturated rings. The van der Waals surface area contributed by atoms with E-state index in [1.54, 1.807) is 4.90 Å². The lowest BCUT2D eigenvalue weighted by atomic mass is 10.0. The Kier molecular flexibility index (Phi) is 5.06. The molecule has 0 aliphatic carbocycles. The average Bonchev–Trinajstić information content (AvgIpc) is 3.31. The summed E-state index contributed by atoms with van der Waals surface area (Å²) >= 11 is 1.08. The second-order valence-electron chi connectivity index (χ2n) is 7.79. The number of fused-ring (bicyclic) bond motifs is 2. The first-order valence-electron chi connectivity index (χ1n) is 10.1. The van der Waals surface area contributed by atoms with Gasteiger partial charge in [-0.2, -0.15) is 0 Å². The molecule has 3 aliphatic heterocycles. The van der Waals surface area contributed by atoms with Gasteiger partial charge in [0.05, 0.1) is 23.9 Å². The van der Waals surface area contributed by atoms with Crippen molar-refractivity contribution >= 4 is 50.2 Å². The number of benzene rings is 2. The summed E-state index contributed by atoms with van der Waals surface area (Å²) in [6, 6.07) is 14.8. The van der Waals surface area contributed by atoms with Gasteiger partial charge >= 0.3 is 0 Å². The number of nitrogens with one attached hydrogen (secondary N) is 2. The van der Waals surface area contributed by atoms with E-state index in [-0.39, 0.29) is 30.2 Å². The number of hydrogen-bond acceptors (Lipinski definition) is 6. The number of carbonyl (C=O) groups excluding carboxylic acids is 2. The number of carbonyl (C=O) groups is 2. The average molecular weight is 469 g/mol. The SMILES string of the molecule is CC(NC(=O)C1=C(c2ccccc2)N2CCS(=O)(=O)N=C2S1)c1ccc2c(c1)CC(=O)N2. The van der Waals surface area contributed by atoms with Crippen molar-refractivity contribution in [2.75, 3.05) is 17.6 Å². The summed E-state index contributed by atoms with van der Waals surface area (Å²) in [5.74, 6) is -0.438. The molecule has 0 aromatic heterocycles. The number of rotatable bonds is 4. The molecule has 0 saturated carbocycles. The van der Waals surface area contributed by atoms with Crippen molar-refractivity contribution in [2.24, 2.45) is 4.40 Å². The van der Waals surface area contributed by atoms with Crippen LogP contribution in [-0.4, -0.2) is 42.6 Å². The summed E-state index contributed by atoms with van der Waals surface area (Å²) in [7, 11) is -3.53. The molecule has 10 heteroatoms. The zero-order chi connectivity index (χ0) is 22.5. The van der Waals surface area contributed by atoms with Crippen LogP contribution < -0.4 is 10.6 Å². The van der Waals surface area contributed by atoms with Gasteiger partial charge in [-0.25, -0.2) is 8.42 Å². The standard InChI is InChI=1S/C22H20N4O4S2/c1-13(15-7-8-17-16(11-15)12-18(27)24-17)23-21(28)20-19(14-5-3-2-4-6-14)26-9-10-32(29,30)25-22(26)31-20/h2-8,11,13H,9-10,12H2,1H3,(H,23,28)(H,24,27). The molecule has 0 bridgehead atoms. The van der Waals surface area contributed by atoms with Crippen molar-refractivity contribution < 1.29 is 18.0 Å². The van der Waals surface area contributed by atoms with Gasteiger partial charge in [0.1, 0.15) is 4.91 Å². The highest BCUT2D eigenvalue weighted by Crippen LogP contribution is 2.42. The fourth-order valence-electron chi connectivity index (χ4n) is 3.96. The number of nitrogens with zero attached hydrogens (tertiary/aromatic N) is 2. The van der Waals surface area contributed by atoms with Crippen molar-refractivity contribution in [3.05, 3.63) is 70.1 Å². The number of thioether (sulfide) groups is 1. The van der Waals surface area contributed by atoms with Crippen molar-refractivity contribution in [1.29, 1.82) is 0 Å². The summed E-state index contributed by atoms with van der Waals surface area (Å²) < 4.78 is 27.9. The molecule has 8 nitrogen and oxygen atoms in total. The summed E-state index contributed by atoms with van der Waals surface area (Å²) in [6.45, 7) is 2.12. The van der Waals surface area contributed by atoms with Crippen molar-refractivity contribution in [1.82, 2.24) is 10.2 Å². The maximum Gasteiger partial charge on any atom is 0.260 e. The quantitative estimate of drug-likeness (QED) is 0.714. The maximum atomic E-state index is 13.3. The van der Waals surface area contributed by atoms with Gasteiger partial charge in [-0.15, -0.1) is 4.40 Å². The van der Waals surface area contributed by atoms with Crippen LogP contribution in [0.3, 0.4) is 0 Å². The highest BCUT2D eigenvalue weighted by molar-refractivity contribution is 8.19. The molecule has 0 spiro atoms. The second-order valence-corrected chi connectivity index (χ2v) is 10.5. The largest absolute Gasteiger partial charge is 0.345 e. The van der Waals surface area contributed by atoms with E-state index in [1.807, 2.05) is 55.5 Å². The van der Waals surface area contributed by atoms with E-state index < -0.39 is 10.0 Å². The minimum absolute atomic E-state index is 0.0405. The Morgan fingerprint density at radius 3 is 2.78 bits per heavy atom. The topological polar surface area (TPSA) is 108 Å². The van der Waals surface area contributed by atoms with E-state index in [1.165, 1.54) is 0 Å². The molecule has 1 atom stereocenters. The normalized spacial score (nSPS) is 19.7. The lowest BCUT2D eigenvalue weighted by Crippen LogP contribution is -2.34. The Hall–Kier alpha value is -3.11. The Morgan fingerprint density at radius 2 is 2.00 bits per heavy atom. The van der Waals surface area contributed by atoms with Crippen LogP contribution in [0, 0.1) is 0 Å². The highest BCUT2D eigenvalue weighted by Gasteiger charge is 2.38. The van der Waals surface area contributed by atoms with Gasteiger partial charge < -0.3 is 15.5 Å². The number of hydrogen-bond donors (Lipinski definition) is 2. The van der Waals surface area contributed by atoms with Crippen LogP contribution >= 0.6 is 11.8 Å². The number of amides is 2. The fourth-order valence-corrected chi connectivity index (χ4v) is 6.24. The van der Waals surface area contributed by atoms with Gasteiger partial charge in [0, 0.05) is 12.2 Å². The second kappa shape index (κ2) is 7.79. The van der Waals surface area contributed by atoms with Crippen LogP contribution in [0.2, 0.25) is 0 Å². The molecular weight excluding hydrogens is 448 g/mol. The third kappa shape index (κ3) is 3.80. The smallest absolute Gasteiger partial charge is 0.260 e. The predicted molar refractivity (Wildman–Crippen MR) is 124 cm³/mol. The molecular formula is C22H20N4O4S2. The van der Waals surface area contributed by atoms with Gasteiger partial charge in [0.15, 0.2) is 5.17 Å².